The van der Waals surface area contributed by atoms with E-state index in [0.29, 0.717) is 19.1 Å². The predicted octanol–water partition coefficient (Wildman–Crippen LogP) is 2.73. The lowest BCUT2D eigenvalue weighted by molar-refractivity contribution is 0.0936. The van der Waals surface area contributed by atoms with Gasteiger partial charge in [-0.05, 0) is 50.9 Å². The summed E-state index contributed by atoms with van der Waals surface area (Å²) in [6.45, 7) is 10.9. The number of benzene rings is 1. The normalized spacial score (nSPS) is 22.2. The van der Waals surface area contributed by atoms with Crippen molar-refractivity contribution in [1.29, 1.82) is 0 Å². The number of hydrogen-bond donors (Lipinski definition) is 2. The fourth-order valence-corrected chi connectivity index (χ4v) is 3.52. The molecule has 0 aliphatic carbocycles. The molecule has 2 heterocycles. The molecule has 0 spiro atoms. The second kappa shape index (κ2) is 11.6. The van der Waals surface area contributed by atoms with Crippen molar-refractivity contribution in [3.63, 3.8) is 0 Å². The van der Waals surface area contributed by atoms with Gasteiger partial charge in [0.25, 0.3) is 0 Å². The van der Waals surface area contributed by atoms with Gasteiger partial charge in [0.2, 0.25) is 0 Å². The number of fused-ring (bicyclic) bond motifs is 1. The predicted molar refractivity (Wildman–Crippen MR) is 121 cm³/mol. The highest BCUT2D eigenvalue weighted by molar-refractivity contribution is 14.0. The molecular formula is C20H33IN4O2. The molecule has 0 amide bonds. The van der Waals surface area contributed by atoms with Crippen molar-refractivity contribution in [1.82, 2.24) is 15.5 Å². The molecule has 0 bridgehead atoms. The first-order valence-electron chi connectivity index (χ1n) is 9.91. The Kier molecular flexibility index (Phi) is 9.47. The first-order chi connectivity index (χ1) is 12.8. The number of para-hydroxylation sites is 2. The Bertz CT molecular complexity index is 599. The van der Waals surface area contributed by atoms with Crippen LogP contribution < -0.4 is 20.1 Å². The van der Waals surface area contributed by atoms with Crippen molar-refractivity contribution in [2.75, 3.05) is 45.9 Å². The Labute approximate surface area is 180 Å². The van der Waals surface area contributed by atoms with Gasteiger partial charge in [-0.25, -0.2) is 0 Å². The minimum Gasteiger partial charge on any atom is -0.486 e. The molecule has 1 aromatic rings. The Morgan fingerprint density at radius 2 is 2.04 bits per heavy atom. The van der Waals surface area contributed by atoms with Gasteiger partial charge in [-0.15, -0.1) is 24.0 Å². The third-order valence-electron chi connectivity index (χ3n) is 4.83. The van der Waals surface area contributed by atoms with Crippen LogP contribution in [0.25, 0.3) is 0 Å². The maximum absolute atomic E-state index is 6.00. The SMILES string of the molecule is CCCN1CCC(CN=C(NCC)NCC2COc3ccccc3O2)C1.I. The molecule has 1 saturated heterocycles. The molecule has 1 aromatic carbocycles. The van der Waals surface area contributed by atoms with Gasteiger partial charge in [-0.1, -0.05) is 19.1 Å². The smallest absolute Gasteiger partial charge is 0.191 e. The zero-order valence-corrected chi connectivity index (χ0v) is 18.8. The minimum absolute atomic E-state index is 0. The average Bonchev–Trinajstić information content (AvgIpc) is 3.11. The first kappa shape index (κ1) is 22.1. The van der Waals surface area contributed by atoms with Crippen LogP contribution in [-0.2, 0) is 0 Å². The fraction of sp³-hybridized carbons (Fsp3) is 0.650. The summed E-state index contributed by atoms with van der Waals surface area (Å²) in [5, 5.41) is 6.73. The van der Waals surface area contributed by atoms with Gasteiger partial charge in [0, 0.05) is 19.6 Å². The second-order valence-corrected chi connectivity index (χ2v) is 7.05. The lowest BCUT2D eigenvalue weighted by Gasteiger charge is -2.27. The molecule has 2 N–H and O–H groups in total. The molecule has 3 rings (SSSR count). The third-order valence-corrected chi connectivity index (χ3v) is 4.83. The average molecular weight is 488 g/mol. The highest BCUT2D eigenvalue weighted by Gasteiger charge is 2.22. The van der Waals surface area contributed by atoms with Crippen molar-refractivity contribution in [3.8, 4) is 11.5 Å². The van der Waals surface area contributed by atoms with E-state index in [4.69, 9.17) is 14.5 Å². The quantitative estimate of drug-likeness (QED) is 0.351. The molecule has 2 aliphatic rings. The summed E-state index contributed by atoms with van der Waals surface area (Å²) in [5.41, 5.74) is 0. The molecular weight excluding hydrogens is 455 g/mol. The summed E-state index contributed by atoms with van der Waals surface area (Å²) in [6.07, 6.45) is 2.46. The van der Waals surface area contributed by atoms with Crippen molar-refractivity contribution < 1.29 is 9.47 Å². The van der Waals surface area contributed by atoms with Crippen molar-refractivity contribution >= 4 is 29.9 Å². The maximum atomic E-state index is 6.00. The van der Waals surface area contributed by atoms with E-state index in [1.54, 1.807) is 0 Å². The third kappa shape index (κ3) is 6.71. The van der Waals surface area contributed by atoms with Crippen LogP contribution >= 0.6 is 24.0 Å². The minimum atomic E-state index is -0.0136. The van der Waals surface area contributed by atoms with Crippen molar-refractivity contribution in [3.05, 3.63) is 24.3 Å². The van der Waals surface area contributed by atoms with Crippen LogP contribution in [-0.4, -0.2) is 62.8 Å². The molecule has 27 heavy (non-hydrogen) atoms. The molecule has 152 valence electrons. The van der Waals surface area contributed by atoms with Crippen LogP contribution in [0.1, 0.15) is 26.7 Å². The van der Waals surface area contributed by atoms with Crippen LogP contribution in [0.5, 0.6) is 11.5 Å². The summed E-state index contributed by atoms with van der Waals surface area (Å²) in [4.78, 5) is 7.34. The Morgan fingerprint density at radius 3 is 2.81 bits per heavy atom. The number of rotatable bonds is 7. The summed E-state index contributed by atoms with van der Waals surface area (Å²) < 4.78 is 11.8. The molecule has 7 heteroatoms. The molecule has 0 aromatic heterocycles. The molecule has 2 aliphatic heterocycles. The van der Waals surface area contributed by atoms with Crippen LogP contribution in [0, 0.1) is 5.92 Å². The summed E-state index contributed by atoms with van der Waals surface area (Å²) >= 11 is 0. The summed E-state index contributed by atoms with van der Waals surface area (Å²) in [6, 6.07) is 7.81. The summed E-state index contributed by atoms with van der Waals surface area (Å²) in [7, 11) is 0. The molecule has 6 nitrogen and oxygen atoms in total. The van der Waals surface area contributed by atoms with Crippen molar-refractivity contribution in [2.45, 2.75) is 32.8 Å². The number of likely N-dealkylation sites (tertiary alicyclic amines) is 1. The lowest BCUT2D eigenvalue weighted by atomic mass is 10.1. The van der Waals surface area contributed by atoms with E-state index in [9.17, 15) is 0 Å². The molecule has 2 unspecified atom stereocenters. The molecule has 2 atom stereocenters. The maximum Gasteiger partial charge on any atom is 0.191 e. The highest BCUT2D eigenvalue weighted by atomic mass is 127. The van der Waals surface area contributed by atoms with Crippen LogP contribution in [0.2, 0.25) is 0 Å². The number of halogens is 1. The lowest BCUT2D eigenvalue weighted by Crippen LogP contribution is -2.45. The highest BCUT2D eigenvalue weighted by Crippen LogP contribution is 2.30. The van der Waals surface area contributed by atoms with Crippen LogP contribution in [0.3, 0.4) is 0 Å². The van der Waals surface area contributed by atoms with Gasteiger partial charge < -0.3 is 25.0 Å². The van der Waals surface area contributed by atoms with Gasteiger partial charge in [0.15, 0.2) is 17.5 Å². The van der Waals surface area contributed by atoms with Crippen molar-refractivity contribution in [2.24, 2.45) is 10.9 Å². The van der Waals surface area contributed by atoms with Gasteiger partial charge in [-0.2, -0.15) is 0 Å². The van der Waals surface area contributed by atoms with Gasteiger partial charge in [0.05, 0.1) is 6.54 Å². The topological polar surface area (TPSA) is 58.1 Å². The van der Waals surface area contributed by atoms with E-state index in [-0.39, 0.29) is 30.1 Å². The Hall–Kier alpha value is -1.22. The fourth-order valence-electron chi connectivity index (χ4n) is 3.52. The molecule has 0 radical (unpaired) electrons. The number of aliphatic imine (C=N–C) groups is 1. The van der Waals surface area contributed by atoms with Gasteiger partial charge >= 0.3 is 0 Å². The van der Waals surface area contributed by atoms with E-state index >= 15 is 0 Å². The van der Waals surface area contributed by atoms with E-state index in [1.807, 2.05) is 24.3 Å². The van der Waals surface area contributed by atoms with E-state index in [2.05, 4.69) is 29.4 Å². The first-order valence-corrected chi connectivity index (χ1v) is 9.91. The number of nitrogens with one attached hydrogen (secondary N) is 2. The molecule has 0 saturated carbocycles. The van der Waals surface area contributed by atoms with Crippen LogP contribution in [0.4, 0.5) is 0 Å². The number of ether oxygens (including phenoxy) is 2. The summed E-state index contributed by atoms with van der Waals surface area (Å²) in [5.74, 6) is 3.17. The van der Waals surface area contributed by atoms with E-state index in [1.165, 1.54) is 32.5 Å². The number of guanidine groups is 1. The number of nitrogens with zero attached hydrogens (tertiary/aromatic N) is 2. The molecule has 1 fully saturated rings. The van der Waals surface area contributed by atoms with E-state index < -0.39 is 0 Å². The van der Waals surface area contributed by atoms with Gasteiger partial charge in [0.1, 0.15) is 12.7 Å². The Balaban J connectivity index is 0.00000261. The number of hydrogen-bond acceptors (Lipinski definition) is 4. The largest absolute Gasteiger partial charge is 0.486 e. The van der Waals surface area contributed by atoms with Gasteiger partial charge in [-0.3, -0.25) is 4.99 Å². The Morgan fingerprint density at radius 1 is 1.22 bits per heavy atom. The monoisotopic (exact) mass is 488 g/mol. The standard InChI is InChI=1S/C20H32N4O2.HI/c1-3-10-24-11-9-16(14-24)12-22-20(21-4-2)23-13-17-15-25-18-7-5-6-8-19(18)26-17;/h5-8,16-17H,3-4,9-15H2,1-2H3,(H2,21,22,23);1H. The second-order valence-electron chi connectivity index (χ2n) is 7.05. The zero-order valence-electron chi connectivity index (χ0n) is 16.4. The van der Waals surface area contributed by atoms with Crippen LogP contribution in [0.15, 0.2) is 29.3 Å². The zero-order chi connectivity index (χ0) is 18.2. The van der Waals surface area contributed by atoms with E-state index in [0.717, 1.165) is 30.5 Å².